The fourth-order valence-electron chi connectivity index (χ4n) is 0.853. The normalized spacial score (nSPS) is 10.3. The summed E-state index contributed by atoms with van der Waals surface area (Å²) < 4.78 is 68.1. The van der Waals surface area contributed by atoms with Crippen LogP contribution in [-0.2, 0) is 0 Å². The lowest BCUT2D eigenvalue weighted by Crippen LogP contribution is -2.26. The standard InChI is InChI=1S/C9H6F5NO2/c1-15(2)9(16)17-8-6(13)4(11)3(10)5(12)7(8)14/h1-2H3. The van der Waals surface area contributed by atoms with Gasteiger partial charge < -0.3 is 9.64 Å². The average molecular weight is 255 g/mol. The van der Waals surface area contributed by atoms with Gasteiger partial charge >= 0.3 is 6.09 Å². The molecule has 8 heteroatoms. The Hall–Kier alpha value is -1.86. The maximum absolute atomic E-state index is 13.0. The molecule has 0 radical (unpaired) electrons. The summed E-state index contributed by atoms with van der Waals surface area (Å²) in [6.45, 7) is 0. The molecule has 94 valence electrons. The zero-order valence-corrected chi connectivity index (χ0v) is 8.65. The number of amides is 1. The van der Waals surface area contributed by atoms with Crippen LogP contribution in [0.15, 0.2) is 0 Å². The van der Waals surface area contributed by atoms with E-state index in [2.05, 4.69) is 4.74 Å². The van der Waals surface area contributed by atoms with Gasteiger partial charge in [0.15, 0.2) is 0 Å². The first-order valence-corrected chi connectivity index (χ1v) is 4.18. The first-order chi connectivity index (χ1) is 7.77. The molecule has 0 aliphatic rings. The van der Waals surface area contributed by atoms with E-state index in [1.165, 1.54) is 14.1 Å². The third-order valence-corrected chi connectivity index (χ3v) is 1.72. The Balaban J connectivity index is 3.30. The fraction of sp³-hybridized carbons (Fsp3) is 0.222. The maximum atomic E-state index is 13.0. The summed E-state index contributed by atoms with van der Waals surface area (Å²) in [7, 11) is 2.35. The molecule has 0 bridgehead atoms. The Morgan fingerprint density at radius 1 is 0.882 bits per heavy atom. The van der Waals surface area contributed by atoms with Crippen molar-refractivity contribution < 1.29 is 31.5 Å². The Kier molecular flexibility index (Phi) is 3.54. The molecule has 0 aromatic heterocycles. The first kappa shape index (κ1) is 13.2. The van der Waals surface area contributed by atoms with E-state index in [0.717, 1.165) is 4.90 Å². The minimum atomic E-state index is -2.32. The summed E-state index contributed by atoms with van der Waals surface area (Å²) >= 11 is 0. The number of hydrogen-bond acceptors (Lipinski definition) is 2. The van der Waals surface area contributed by atoms with Gasteiger partial charge in [-0.3, -0.25) is 0 Å². The maximum Gasteiger partial charge on any atom is 0.414 e. The van der Waals surface area contributed by atoms with E-state index in [4.69, 9.17) is 0 Å². The first-order valence-electron chi connectivity index (χ1n) is 4.18. The molecular formula is C9H6F5NO2. The van der Waals surface area contributed by atoms with Gasteiger partial charge in [-0.2, -0.15) is 8.78 Å². The van der Waals surface area contributed by atoms with Gasteiger partial charge in [0, 0.05) is 14.1 Å². The molecule has 17 heavy (non-hydrogen) atoms. The predicted molar refractivity (Wildman–Crippen MR) is 45.9 cm³/mol. The van der Waals surface area contributed by atoms with Crippen molar-refractivity contribution in [2.45, 2.75) is 0 Å². The number of benzene rings is 1. The molecule has 0 spiro atoms. The van der Waals surface area contributed by atoms with Crippen molar-refractivity contribution in [2.24, 2.45) is 0 Å². The van der Waals surface area contributed by atoms with Crippen LogP contribution in [0.3, 0.4) is 0 Å². The van der Waals surface area contributed by atoms with Crippen LogP contribution in [0, 0.1) is 29.1 Å². The summed E-state index contributed by atoms with van der Waals surface area (Å²) in [5.74, 6) is -12.7. The largest absolute Gasteiger partial charge is 0.414 e. The van der Waals surface area contributed by atoms with Gasteiger partial charge in [0.1, 0.15) is 0 Å². The third kappa shape index (κ3) is 2.29. The molecule has 0 atom stereocenters. The molecule has 0 saturated heterocycles. The molecule has 1 rings (SSSR count). The van der Waals surface area contributed by atoms with Crippen molar-refractivity contribution in [3.05, 3.63) is 29.1 Å². The van der Waals surface area contributed by atoms with Crippen LogP contribution >= 0.6 is 0 Å². The van der Waals surface area contributed by atoms with Gasteiger partial charge in [0.2, 0.25) is 34.8 Å². The average Bonchev–Trinajstić information content (AvgIpc) is 2.29. The molecule has 0 saturated carbocycles. The van der Waals surface area contributed by atoms with Crippen LogP contribution in [0.5, 0.6) is 5.75 Å². The van der Waals surface area contributed by atoms with Gasteiger partial charge in [-0.25, -0.2) is 18.0 Å². The zero-order chi connectivity index (χ0) is 13.3. The van der Waals surface area contributed by atoms with Gasteiger partial charge in [-0.15, -0.1) is 0 Å². The summed E-state index contributed by atoms with van der Waals surface area (Å²) in [5, 5.41) is 0. The number of carbonyl (C=O) groups excluding carboxylic acids is 1. The minimum Gasteiger partial charge on any atom is -0.404 e. The fourth-order valence-corrected chi connectivity index (χ4v) is 0.853. The lowest BCUT2D eigenvalue weighted by molar-refractivity contribution is 0.165. The molecular weight excluding hydrogens is 249 g/mol. The van der Waals surface area contributed by atoms with Crippen molar-refractivity contribution in [1.29, 1.82) is 0 Å². The van der Waals surface area contributed by atoms with E-state index >= 15 is 0 Å². The molecule has 3 nitrogen and oxygen atoms in total. The third-order valence-electron chi connectivity index (χ3n) is 1.72. The Labute approximate surface area is 92.4 Å². The van der Waals surface area contributed by atoms with E-state index in [1.807, 2.05) is 0 Å². The second-order valence-electron chi connectivity index (χ2n) is 3.16. The van der Waals surface area contributed by atoms with Crippen LogP contribution < -0.4 is 4.74 Å². The van der Waals surface area contributed by atoms with Crippen LogP contribution in [-0.4, -0.2) is 25.1 Å². The van der Waals surface area contributed by atoms with Crippen molar-refractivity contribution >= 4 is 6.09 Å². The van der Waals surface area contributed by atoms with Crippen LogP contribution in [0.2, 0.25) is 0 Å². The lowest BCUT2D eigenvalue weighted by Gasteiger charge is -2.12. The Morgan fingerprint density at radius 3 is 1.59 bits per heavy atom. The predicted octanol–water partition coefficient (Wildman–Crippen LogP) is 2.44. The summed E-state index contributed by atoms with van der Waals surface area (Å²) in [5.41, 5.74) is 0. The lowest BCUT2D eigenvalue weighted by atomic mass is 10.2. The molecule has 0 N–H and O–H groups in total. The van der Waals surface area contributed by atoms with E-state index in [9.17, 15) is 26.7 Å². The van der Waals surface area contributed by atoms with Gasteiger partial charge in [0.25, 0.3) is 0 Å². The summed E-state index contributed by atoms with van der Waals surface area (Å²) in [4.78, 5) is 11.7. The van der Waals surface area contributed by atoms with E-state index < -0.39 is 40.9 Å². The van der Waals surface area contributed by atoms with Crippen molar-refractivity contribution in [2.75, 3.05) is 14.1 Å². The second-order valence-corrected chi connectivity index (χ2v) is 3.16. The highest BCUT2D eigenvalue weighted by Gasteiger charge is 2.28. The topological polar surface area (TPSA) is 29.5 Å². The quantitative estimate of drug-likeness (QED) is 0.438. The van der Waals surface area contributed by atoms with Crippen molar-refractivity contribution in [3.63, 3.8) is 0 Å². The monoisotopic (exact) mass is 255 g/mol. The summed E-state index contributed by atoms with van der Waals surface area (Å²) in [6.07, 6.45) is -1.27. The number of ether oxygens (including phenoxy) is 1. The molecule has 0 unspecified atom stereocenters. The van der Waals surface area contributed by atoms with Gasteiger partial charge in [0.05, 0.1) is 0 Å². The van der Waals surface area contributed by atoms with Gasteiger partial charge in [-0.05, 0) is 0 Å². The highest BCUT2D eigenvalue weighted by molar-refractivity contribution is 5.70. The molecule has 0 aliphatic carbocycles. The Morgan fingerprint density at radius 2 is 1.24 bits per heavy atom. The highest BCUT2D eigenvalue weighted by atomic mass is 19.2. The molecule has 1 aromatic carbocycles. The molecule has 1 amide bonds. The number of halogens is 5. The molecule has 0 aliphatic heterocycles. The molecule has 1 aromatic rings. The number of rotatable bonds is 1. The van der Waals surface area contributed by atoms with Crippen LogP contribution in [0.25, 0.3) is 0 Å². The van der Waals surface area contributed by atoms with Crippen LogP contribution in [0.4, 0.5) is 26.7 Å². The number of hydrogen-bond donors (Lipinski definition) is 0. The molecule has 0 heterocycles. The second kappa shape index (κ2) is 4.56. The minimum absolute atomic E-state index is 0.762. The number of carbonyl (C=O) groups is 1. The highest BCUT2D eigenvalue weighted by Crippen LogP contribution is 2.29. The molecule has 0 fully saturated rings. The van der Waals surface area contributed by atoms with E-state index in [-0.39, 0.29) is 0 Å². The smallest absolute Gasteiger partial charge is 0.404 e. The van der Waals surface area contributed by atoms with E-state index in [1.54, 1.807) is 0 Å². The zero-order valence-electron chi connectivity index (χ0n) is 8.65. The van der Waals surface area contributed by atoms with E-state index in [0.29, 0.717) is 0 Å². The van der Waals surface area contributed by atoms with Crippen molar-refractivity contribution in [3.8, 4) is 5.75 Å². The summed E-state index contributed by atoms with van der Waals surface area (Å²) in [6, 6.07) is 0. The van der Waals surface area contributed by atoms with Crippen molar-refractivity contribution in [1.82, 2.24) is 4.90 Å². The van der Waals surface area contributed by atoms with Gasteiger partial charge in [-0.1, -0.05) is 0 Å². The van der Waals surface area contributed by atoms with Crippen LogP contribution in [0.1, 0.15) is 0 Å². The number of nitrogens with zero attached hydrogens (tertiary/aromatic N) is 1. The SMILES string of the molecule is CN(C)C(=O)Oc1c(F)c(F)c(F)c(F)c1F. The Bertz CT molecular complexity index is 446.